The van der Waals surface area contributed by atoms with Crippen molar-refractivity contribution >= 4 is 69.9 Å². The number of rotatable bonds is 2. The molecule has 0 aromatic heterocycles. The van der Waals surface area contributed by atoms with E-state index in [1.54, 1.807) is 12.1 Å². The van der Waals surface area contributed by atoms with Crippen LogP contribution >= 0.6 is 58.3 Å². The van der Waals surface area contributed by atoms with E-state index < -0.39 is 0 Å². The Hall–Kier alpha value is 0.260. The lowest BCUT2D eigenvalue weighted by Gasteiger charge is -2.52. The molecule has 1 spiro atoms. The lowest BCUT2D eigenvalue weighted by Crippen LogP contribution is -2.48. The number of hydrogen-bond acceptors (Lipinski definition) is 3. The molecule has 2 nitrogen and oxygen atoms in total. The van der Waals surface area contributed by atoms with E-state index in [1.807, 2.05) is 0 Å². The summed E-state index contributed by atoms with van der Waals surface area (Å²) in [5.41, 5.74) is 0.552. The predicted octanol–water partition coefficient (Wildman–Crippen LogP) is 6.59. The largest absolute Gasteiger partial charge is 0.324 e. The van der Waals surface area contributed by atoms with Crippen molar-refractivity contribution < 1.29 is 4.79 Å². The Kier molecular flexibility index (Phi) is 5.47. The molecule has 4 rings (SSSR count). The van der Waals surface area contributed by atoms with Crippen molar-refractivity contribution in [1.82, 2.24) is 0 Å². The number of thioether (sulfide) groups is 2. The molecule has 2 atom stereocenters. The van der Waals surface area contributed by atoms with Crippen LogP contribution in [-0.2, 0) is 4.79 Å². The second-order valence-corrected chi connectivity index (χ2v) is 11.4. The second kappa shape index (κ2) is 7.35. The van der Waals surface area contributed by atoms with Gasteiger partial charge in [-0.15, -0.1) is 23.5 Å². The van der Waals surface area contributed by atoms with Crippen LogP contribution in [-0.4, -0.2) is 21.5 Å². The van der Waals surface area contributed by atoms with E-state index in [2.05, 4.69) is 28.8 Å². The van der Waals surface area contributed by atoms with Gasteiger partial charge >= 0.3 is 0 Å². The summed E-state index contributed by atoms with van der Waals surface area (Å²) in [5, 5.41) is 4.22. The first-order valence-electron chi connectivity index (χ1n) is 8.73. The third-order valence-corrected chi connectivity index (χ3v) is 10.8. The molecule has 3 aliphatic rings. The van der Waals surface area contributed by atoms with E-state index in [0.717, 1.165) is 12.8 Å². The van der Waals surface area contributed by atoms with Gasteiger partial charge in [0.05, 0.1) is 24.8 Å². The second-order valence-electron chi connectivity index (χ2n) is 7.15. The molecule has 3 fully saturated rings. The van der Waals surface area contributed by atoms with Crippen LogP contribution in [0.3, 0.4) is 0 Å². The fourth-order valence-electron chi connectivity index (χ4n) is 4.68. The molecule has 7 heteroatoms. The average molecular weight is 437 g/mol. The van der Waals surface area contributed by atoms with Gasteiger partial charge in [0.25, 0.3) is 0 Å². The van der Waals surface area contributed by atoms with E-state index >= 15 is 0 Å². The molecule has 1 amide bonds. The van der Waals surface area contributed by atoms with Crippen molar-refractivity contribution in [3.8, 4) is 0 Å². The molecule has 2 bridgehead atoms. The van der Waals surface area contributed by atoms with Gasteiger partial charge in [0.2, 0.25) is 5.91 Å². The summed E-state index contributed by atoms with van der Waals surface area (Å²) in [5.74, 6) is 3.95. The van der Waals surface area contributed by atoms with E-state index in [4.69, 9.17) is 34.8 Å². The van der Waals surface area contributed by atoms with Gasteiger partial charge in [-0.05, 0) is 49.7 Å². The zero-order valence-electron chi connectivity index (χ0n) is 13.7. The molecule has 1 aromatic rings. The maximum absolute atomic E-state index is 12.9. The minimum Gasteiger partial charge on any atom is -0.324 e. The Bertz CT molecular complexity index is 677. The third-order valence-electron chi connectivity index (χ3n) is 5.76. The van der Waals surface area contributed by atoms with Gasteiger partial charge in [-0.1, -0.05) is 41.2 Å². The van der Waals surface area contributed by atoms with Crippen LogP contribution in [0.5, 0.6) is 0 Å². The Morgan fingerprint density at radius 1 is 1.00 bits per heavy atom. The molecule has 1 saturated heterocycles. The molecule has 0 radical (unpaired) electrons. The number of halogens is 3. The van der Waals surface area contributed by atoms with Gasteiger partial charge in [0.15, 0.2) is 0 Å². The number of hydrogen-bond donors (Lipinski definition) is 1. The molecule has 2 saturated carbocycles. The lowest BCUT2D eigenvalue weighted by atomic mass is 9.67. The summed E-state index contributed by atoms with van der Waals surface area (Å²) < 4.78 is 0.385. The van der Waals surface area contributed by atoms with Crippen molar-refractivity contribution in [1.29, 1.82) is 0 Å². The molecule has 1 aliphatic heterocycles. The van der Waals surface area contributed by atoms with Gasteiger partial charge in [0.1, 0.15) is 0 Å². The van der Waals surface area contributed by atoms with Crippen molar-refractivity contribution in [2.75, 3.05) is 16.8 Å². The fraction of sp³-hybridized carbons (Fsp3) is 0.611. The van der Waals surface area contributed by atoms with Gasteiger partial charge < -0.3 is 5.32 Å². The first-order chi connectivity index (χ1) is 12.0. The smallest absolute Gasteiger partial charge is 0.227 e. The predicted molar refractivity (Wildman–Crippen MR) is 111 cm³/mol. The molecular formula is C18H20Cl3NOS2. The number of benzene rings is 1. The first kappa shape index (κ1) is 18.6. The fourth-order valence-corrected chi connectivity index (χ4v) is 9.21. The molecule has 1 N–H and O–H groups in total. The topological polar surface area (TPSA) is 29.1 Å². The van der Waals surface area contributed by atoms with Crippen molar-refractivity contribution in [3.63, 3.8) is 0 Å². The highest BCUT2D eigenvalue weighted by Crippen LogP contribution is 2.64. The Morgan fingerprint density at radius 2 is 1.60 bits per heavy atom. The number of anilines is 1. The summed E-state index contributed by atoms with van der Waals surface area (Å²) >= 11 is 22.6. The minimum absolute atomic E-state index is 0.0632. The normalized spacial score (nSPS) is 30.4. The third kappa shape index (κ3) is 3.42. The summed E-state index contributed by atoms with van der Waals surface area (Å²) in [6.07, 6.45) is 5.80. The van der Waals surface area contributed by atoms with Crippen LogP contribution in [0.1, 0.15) is 32.1 Å². The number of carbonyl (C=O) groups is 1. The van der Waals surface area contributed by atoms with Crippen LogP contribution in [0.2, 0.25) is 15.1 Å². The zero-order valence-corrected chi connectivity index (χ0v) is 17.6. The van der Waals surface area contributed by atoms with E-state index in [0.29, 0.717) is 36.7 Å². The molecule has 136 valence electrons. The van der Waals surface area contributed by atoms with Crippen molar-refractivity contribution in [2.24, 2.45) is 17.8 Å². The van der Waals surface area contributed by atoms with Crippen LogP contribution < -0.4 is 5.32 Å². The standard InChI is InChI=1S/C18H20Cl3NOS2/c19-13-8-15(21)16(9-14(13)20)22-17(23)10-6-11-2-1-3-12(7-10)18(11)24-4-5-25-18/h8-12H,1-7H2,(H,22,23). The highest BCUT2D eigenvalue weighted by Gasteiger charge is 2.55. The molecule has 25 heavy (non-hydrogen) atoms. The van der Waals surface area contributed by atoms with E-state index in [-0.39, 0.29) is 11.8 Å². The zero-order chi connectivity index (χ0) is 17.6. The number of carbonyl (C=O) groups excluding carboxylic acids is 1. The Labute approximate surface area is 172 Å². The van der Waals surface area contributed by atoms with Crippen LogP contribution in [0, 0.1) is 17.8 Å². The Balaban J connectivity index is 1.50. The number of nitrogens with one attached hydrogen (secondary N) is 1. The summed E-state index contributed by atoms with van der Waals surface area (Å²) in [6, 6.07) is 3.22. The SMILES string of the molecule is O=C(Nc1cc(Cl)c(Cl)cc1Cl)C1CC2CCCC(C1)C21SCCS1. The van der Waals surface area contributed by atoms with Gasteiger partial charge in [-0.3, -0.25) is 4.79 Å². The molecule has 1 aromatic carbocycles. The molecule has 1 heterocycles. The van der Waals surface area contributed by atoms with Gasteiger partial charge in [0, 0.05) is 17.4 Å². The molecular weight excluding hydrogens is 417 g/mol. The summed E-state index contributed by atoms with van der Waals surface area (Å²) in [6.45, 7) is 0. The maximum Gasteiger partial charge on any atom is 0.227 e. The van der Waals surface area contributed by atoms with Crippen LogP contribution in [0.4, 0.5) is 5.69 Å². The highest BCUT2D eigenvalue weighted by molar-refractivity contribution is 8.21. The van der Waals surface area contributed by atoms with Gasteiger partial charge in [-0.2, -0.15) is 0 Å². The van der Waals surface area contributed by atoms with E-state index in [1.165, 1.54) is 30.8 Å². The number of amides is 1. The molecule has 2 unspecified atom stereocenters. The van der Waals surface area contributed by atoms with Gasteiger partial charge in [-0.25, -0.2) is 0 Å². The average Bonchev–Trinajstić information content (AvgIpc) is 3.02. The highest BCUT2D eigenvalue weighted by atomic mass is 35.5. The van der Waals surface area contributed by atoms with Crippen LogP contribution in [0.15, 0.2) is 12.1 Å². The summed E-state index contributed by atoms with van der Waals surface area (Å²) in [7, 11) is 0. The lowest BCUT2D eigenvalue weighted by molar-refractivity contribution is -0.122. The van der Waals surface area contributed by atoms with E-state index in [9.17, 15) is 4.79 Å². The quantitative estimate of drug-likeness (QED) is 0.530. The molecule has 2 aliphatic carbocycles. The maximum atomic E-state index is 12.9. The first-order valence-corrected chi connectivity index (χ1v) is 11.8. The summed E-state index contributed by atoms with van der Waals surface area (Å²) in [4.78, 5) is 12.9. The van der Waals surface area contributed by atoms with Crippen molar-refractivity contribution in [3.05, 3.63) is 27.2 Å². The Morgan fingerprint density at radius 3 is 2.24 bits per heavy atom. The minimum atomic E-state index is 0.0632. The van der Waals surface area contributed by atoms with Crippen LogP contribution in [0.25, 0.3) is 0 Å². The monoisotopic (exact) mass is 435 g/mol. The van der Waals surface area contributed by atoms with Crippen molar-refractivity contribution in [2.45, 2.75) is 36.2 Å².